The zero-order valence-electron chi connectivity index (χ0n) is 7.30. The van der Waals surface area contributed by atoms with Gasteiger partial charge in [-0.15, -0.1) is 11.3 Å². The van der Waals surface area contributed by atoms with Crippen LogP contribution in [0, 0.1) is 5.82 Å². The molecule has 2 aromatic rings. The Morgan fingerprint density at radius 3 is 3.00 bits per heavy atom. The molecule has 0 saturated carbocycles. The summed E-state index contributed by atoms with van der Waals surface area (Å²) in [5.41, 5.74) is 7.17. The van der Waals surface area contributed by atoms with Crippen LogP contribution in [0.25, 0.3) is 10.1 Å². The van der Waals surface area contributed by atoms with Gasteiger partial charge in [0.05, 0.1) is 4.70 Å². The summed E-state index contributed by atoms with van der Waals surface area (Å²) in [6.45, 7) is 1.93. The van der Waals surface area contributed by atoms with Crippen molar-refractivity contribution in [1.29, 1.82) is 0 Å². The van der Waals surface area contributed by atoms with Gasteiger partial charge in [0.1, 0.15) is 5.82 Å². The molecule has 0 aliphatic heterocycles. The van der Waals surface area contributed by atoms with Gasteiger partial charge in [0.25, 0.3) is 0 Å². The Balaban J connectivity index is 2.85. The molecule has 0 bridgehead atoms. The predicted molar refractivity (Wildman–Crippen MR) is 55.6 cm³/mol. The number of anilines is 1. The van der Waals surface area contributed by atoms with E-state index in [4.69, 9.17) is 5.73 Å². The van der Waals surface area contributed by atoms with E-state index in [0.29, 0.717) is 23.1 Å². The van der Waals surface area contributed by atoms with Crippen LogP contribution in [0.3, 0.4) is 0 Å². The molecule has 3 heteroatoms. The second-order valence-electron chi connectivity index (χ2n) is 2.96. The zero-order chi connectivity index (χ0) is 9.42. The third-order valence-corrected chi connectivity index (χ3v) is 3.12. The van der Waals surface area contributed by atoms with E-state index in [9.17, 15) is 4.39 Å². The molecule has 1 aromatic carbocycles. The molecule has 2 rings (SSSR count). The zero-order valence-corrected chi connectivity index (χ0v) is 8.12. The molecule has 2 N–H and O–H groups in total. The van der Waals surface area contributed by atoms with E-state index in [0.717, 1.165) is 4.70 Å². The Kier molecular flexibility index (Phi) is 1.96. The molecule has 0 amide bonds. The summed E-state index contributed by atoms with van der Waals surface area (Å²) < 4.78 is 14.5. The van der Waals surface area contributed by atoms with Gasteiger partial charge in [-0.05, 0) is 29.5 Å². The molecule has 0 unspecified atom stereocenters. The maximum atomic E-state index is 13.6. The second-order valence-corrected chi connectivity index (χ2v) is 3.87. The first-order valence-electron chi connectivity index (χ1n) is 4.18. The third kappa shape index (κ3) is 1.20. The van der Waals surface area contributed by atoms with Gasteiger partial charge in [0.15, 0.2) is 0 Å². The lowest BCUT2D eigenvalue weighted by molar-refractivity contribution is 0.625. The Bertz CT molecular complexity index is 447. The van der Waals surface area contributed by atoms with Crippen molar-refractivity contribution < 1.29 is 4.39 Å². The highest BCUT2D eigenvalue weighted by molar-refractivity contribution is 7.17. The van der Waals surface area contributed by atoms with Crippen LogP contribution in [0.4, 0.5) is 10.1 Å². The summed E-state index contributed by atoms with van der Waals surface area (Å²) in [4.78, 5) is 0. The van der Waals surface area contributed by atoms with Crippen LogP contribution in [0.5, 0.6) is 0 Å². The maximum absolute atomic E-state index is 13.6. The average Bonchev–Trinajstić information content (AvgIpc) is 2.60. The quantitative estimate of drug-likeness (QED) is 0.695. The summed E-state index contributed by atoms with van der Waals surface area (Å²) in [6, 6.07) is 3.51. The molecule has 1 nitrogen and oxygen atoms in total. The highest BCUT2D eigenvalue weighted by atomic mass is 32.1. The van der Waals surface area contributed by atoms with Crippen LogP contribution in [-0.4, -0.2) is 0 Å². The molecule has 0 fully saturated rings. The van der Waals surface area contributed by atoms with Gasteiger partial charge < -0.3 is 5.73 Å². The first kappa shape index (κ1) is 8.51. The number of fused-ring (bicyclic) bond motifs is 1. The van der Waals surface area contributed by atoms with Crippen molar-refractivity contribution in [3.8, 4) is 0 Å². The molecule has 0 radical (unpaired) electrons. The molecule has 0 spiro atoms. The van der Waals surface area contributed by atoms with Crippen molar-refractivity contribution in [1.82, 2.24) is 0 Å². The number of benzene rings is 1. The van der Waals surface area contributed by atoms with Gasteiger partial charge >= 0.3 is 0 Å². The van der Waals surface area contributed by atoms with Gasteiger partial charge in [-0.2, -0.15) is 0 Å². The van der Waals surface area contributed by atoms with E-state index < -0.39 is 0 Å². The van der Waals surface area contributed by atoms with Crippen molar-refractivity contribution in [3.63, 3.8) is 0 Å². The lowest BCUT2D eigenvalue weighted by Crippen LogP contribution is -1.93. The molecule has 1 aromatic heterocycles. The normalized spacial score (nSPS) is 10.9. The van der Waals surface area contributed by atoms with Crippen LogP contribution in [0.1, 0.15) is 12.5 Å². The summed E-state index contributed by atoms with van der Waals surface area (Å²) >= 11 is 1.48. The van der Waals surface area contributed by atoms with E-state index in [-0.39, 0.29) is 5.82 Å². The Labute approximate surface area is 80.0 Å². The first-order valence-corrected chi connectivity index (χ1v) is 5.06. The summed E-state index contributed by atoms with van der Waals surface area (Å²) in [7, 11) is 0. The SMILES string of the molecule is CCc1cc(N)c2sccc2c1F. The van der Waals surface area contributed by atoms with Crippen molar-refractivity contribution >= 4 is 27.1 Å². The molecule has 1 heterocycles. The van der Waals surface area contributed by atoms with Crippen molar-refractivity contribution in [2.24, 2.45) is 0 Å². The largest absolute Gasteiger partial charge is 0.398 e. The molecule has 68 valence electrons. The molecular formula is C10H10FNS. The van der Waals surface area contributed by atoms with Crippen LogP contribution in [0.15, 0.2) is 17.5 Å². The standard InChI is InChI=1S/C10H10FNS/c1-2-6-5-8(12)10-7(9(6)11)3-4-13-10/h3-5H,2,12H2,1H3. The minimum absolute atomic E-state index is 0.118. The van der Waals surface area contributed by atoms with Crippen LogP contribution in [-0.2, 0) is 6.42 Å². The van der Waals surface area contributed by atoms with Gasteiger partial charge in [-0.25, -0.2) is 4.39 Å². The van der Waals surface area contributed by atoms with E-state index in [1.807, 2.05) is 12.3 Å². The highest BCUT2D eigenvalue weighted by Gasteiger charge is 2.09. The van der Waals surface area contributed by atoms with Gasteiger partial charge in [-0.1, -0.05) is 6.92 Å². The predicted octanol–water partition coefficient (Wildman–Crippen LogP) is 3.19. The maximum Gasteiger partial charge on any atom is 0.135 e. The van der Waals surface area contributed by atoms with E-state index in [2.05, 4.69) is 0 Å². The molecule has 0 aliphatic rings. The third-order valence-electron chi connectivity index (χ3n) is 2.16. The fraction of sp³-hybridized carbons (Fsp3) is 0.200. The smallest absolute Gasteiger partial charge is 0.135 e. The minimum Gasteiger partial charge on any atom is -0.398 e. The topological polar surface area (TPSA) is 26.0 Å². The van der Waals surface area contributed by atoms with E-state index in [1.165, 1.54) is 11.3 Å². The van der Waals surface area contributed by atoms with Crippen LogP contribution >= 0.6 is 11.3 Å². The van der Waals surface area contributed by atoms with Crippen molar-refractivity contribution in [2.75, 3.05) is 5.73 Å². The number of hydrogen-bond acceptors (Lipinski definition) is 2. The number of nitrogens with two attached hydrogens (primary N) is 1. The Morgan fingerprint density at radius 1 is 1.54 bits per heavy atom. The number of hydrogen-bond donors (Lipinski definition) is 1. The van der Waals surface area contributed by atoms with Gasteiger partial charge in [0, 0.05) is 11.1 Å². The number of nitrogen functional groups attached to an aromatic ring is 1. The molecule has 0 atom stereocenters. The fourth-order valence-corrected chi connectivity index (χ4v) is 2.27. The minimum atomic E-state index is -0.118. The van der Waals surface area contributed by atoms with E-state index >= 15 is 0 Å². The molecule has 0 aliphatic carbocycles. The number of rotatable bonds is 1. The second kappa shape index (κ2) is 3.00. The summed E-state index contributed by atoms with van der Waals surface area (Å²) in [5, 5.41) is 2.52. The van der Waals surface area contributed by atoms with Crippen LogP contribution < -0.4 is 5.73 Å². The Morgan fingerprint density at radius 2 is 2.31 bits per heavy atom. The molecular weight excluding hydrogens is 185 g/mol. The number of thiophene rings is 1. The first-order chi connectivity index (χ1) is 6.24. The van der Waals surface area contributed by atoms with E-state index in [1.54, 1.807) is 12.1 Å². The van der Waals surface area contributed by atoms with Gasteiger partial charge in [0.2, 0.25) is 0 Å². The lowest BCUT2D eigenvalue weighted by Gasteiger charge is -2.03. The highest BCUT2D eigenvalue weighted by Crippen LogP contribution is 2.31. The summed E-state index contributed by atoms with van der Waals surface area (Å²) in [5.74, 6) is -0.118. The average molecular weight is 195 g/mol. The number of halogens is 1. The Hall–Kier alpha value is -1.09. The summed E-state index contributed by atoms with van der Waals surface area (Å²) in [6.07, 6.45) is 0.682. The molecule has 0 saturated heterocycles. The monoisotopic (exact) mass is 195 g/mol. The van der Waals surface area contributed by atoms with Crippen molar-refractivity contribution in [3.05, 3.63) is 28.9 Å². The molecule has 13 heavy (non-hydrogen) atoms. The van der Waals surface area contributed by atoms with Crippen LogP contribution in [0.2, 0.25) is 0 Å². The van der Waals surface area contributed by atoms with Gasteiger partial charge in [-0.3, -0.25) is 0 Å². The van der Waals surface area contributed by atoms with Crippen molar-refractivity contribution in [2.45, 2.75) is 13.3 Å². The lowest BCUT2D eigenvalue weighted by atomic mass is 10.1. The fourth-order valence-electron chi connectivity index (χ4n) is 1.45. The number of aryl methyl sites for hydroxylation is 1.